The highest BCUT2D eigenvalue weighted by Gasteiger charge is 2.21. The number of aryl methyl sites for hydroxylation is 1. The zero-order chi connectivity index (χ0) is 22.7. The number of nitrogens with one attached hydrogen (secondary N) is 2. The molecule has 0 bridgehead atoms. The molecule has 1 aromatic heterocycles. The predicted octanol–water partition coefficient (Wildman–Crippen LogP) is 6.34. The molecule has 5 nitrogen and oxygen atoms in total. The lowest BCUT2D eigenvalue weighted by Gasteiger charge is -2.17. The van der Waals surface area contributed by atoms with Gasteiger partial charge in [0, 0.05) is 40.4 Å². The minimum atomic E-state index is -0.660. The maximum Gasteiger partial charge on any atom is 0.255 e. The molecule has 0 spiro atoms. The Labute approximate surface area is 187 Å². The van der Waals surface area contributed by atoms with Gasteiger partial charge in [0.25, 0.3) is 5.91 Å². The van der Waals surface area contributed by atoms with Crippen LogP contribution in [-0.2, 0) is 5.41 Å². The van der Waals surface area contributed by atoms with E-state index in [0.717, 1.165) is 33.3 Å². The van der Waals surface area contributed by atoms with Crippen LogP contribution >= 0.6 is 0 Å². The van der Waals surface area contributed by atoms with Gasteiger partial charge in [0.1, 0.15) is 0 Å². The lowest BCUT2D eigenvalue weighted by Crippen LogP contribution is -2.17. The van der Waals surface area contributed by atoms with Gasteiger partial charge in [0.05, 0.1) is 11.5 Å². The molecule has 0 saturated heterocycles. The second-order valence-corrected chi connectivity index (χ2v) is 8.36. The Hall–Kier alpha value is -4.17. The van der Waals surface area contributed by atoms with Crippen molar-refractivity contribution in [2.24, 2.45) is 0 Å². The predicted molar refractivity (Wildman–Crippen MR) is 129 cm³/mol. The summed E-state index contributed by atoms with van der Waals surface area (Å²) >= 11 is 0. The third kappa shape index (κ3) is 4.45. The Morgan fingerprint density at radius 3 is 2.59 bits per heavy atom. The average Bonchev–Trinajstić information content (AvgIpc) is 2.81. The molecule has 5 heteroatoms. The van der Waals surface area contributed by atoms with E-state index in [0.29, 0.717) is 11.3 Å². The fourth-order valence-corrected chi connectivity index (χ4v) is 3.47. The molecule has 0 aliphatic heterocycles. The number of amides is 1. The molecule has 0 saturated carbocycles. The van der Waals surface area contributed by atoms with Gasteiger partial charge < -0.3 is 10.6 Å². The number of pyridine rings is 1. The van der Waals surface area contributed by atoms with Gasteiger partial charge >= 0.3 is 0 Å². The molecule has 0 aliphatic rings. The van der Waals surface area contributed by atoms with Gasteiger partial charge in [-0.3, -0.25) is 9.78 Å². The minimum Gasteiger partial charge on any atom is -0.355 e. The summed E-state index contributed by atoms with van der Waals surface area (Å²) in [5, 5.41) is 18.0. The molecule has 0 fully saturated rings. The first-order chi connectivity index (χ1) is 15.4. The third-order valence-corrected chi connectivity index (χ3v) is 5.54. The van der Waals surface area contributed by atoms with Crippen molar-refractivity contribution >= 4 is 33.7 Å². The zero-order valence-electron chi connectivity index (χ0n) is 18.3. The normalized spacial score (nSPS) is 11.1. The number of rotatable bonds is 5. The van der Waals surface area contributed by atoms with E-state index < -0.39 is 5.41 Å². The van der Waals surface area contributed by atoms with E-state index in [1.165, 1.54) is 0 Å². The summed E-state index contributed by atoms with van der Waals surface area (Å²) in [5.74, 6) is -0.214. The molecule has 1 amide bonds. The van der Waals surface area contributed by atoms with E-state index in [9.17, 15) is 10.1 Å². The van der Waals surface area contributed by atoms with Crippen LogP contribution in [0.4, 0.5) is 17.1 Å². The van der Waals surface area contributed by atoms with Crippen molar-refractivity contribution in [3.63, 3.8) is 0 Å². The van der Waals surface area contributed by atoms with Crippen LogP contribution in [0.1, 0.15) is 35.3 Å². The summed E-state index contributed by atoms with van der Waals surface area (Å²) < 4.78 is 0. The molecule has 2 N–H and O–H groups in total. The summed E-state index contributed by atoms with van der Waals surface area (Å²) in [6.07, 6.45) is 3.62. The molecule has 0 atom stereocenters. The number of hydrogen-bond donors (Lipinski definition) is 2. The van der Waals surface area contributed by atoms with Gasteiger partial charge in [0.2, 0.25) is 0 Å². The van der Waals surface area contributed by atoms with Crippen molar-refractivity contribution in [3.05, 3.63) is 95.8 Å². The average molecular weight is 421 g/mol. The number of aromatic nitrogens is 1. The van der Waals surface area contributed by atoms with Crippen molar-refractivity contribution < 1.29 is 4.79 Å². The molecule has 158 valence electrons. The number of carbonyl (C=O) groups is 1. The van der Waals surface area contributed by atoms with Crippen LogP contribution in [0.25, 0.3) is 10.8 Å². The molecule has 3 aromatic carbocycles. The number of benzene rings is 3. The van der Waals surface area contributed by atoms with Crippen LogP contribution in [0.2, 0.25) is 0 Å². The minimum absolute atomic E-state index is 0.214. The smallest absolute Gasteiger partial charge is 0.255 e. The number of carbonyl (C=O) groups excluding carboxylic acids is 1. The Bertz CT molecular complexity index is 1350. The van der Waals surface area contributed by atoms with E-state index in [1.54, 1.807) is 24.4 Å². The first-order valence-electron chi connectivity index (χ1n) is 10.4. The van der Waals surface area contributed by atoms with E-state index in [1.807, 2.05) is 69.4 Å². The quantitative estimate of drug-likeness (QED) is 0.395. The standard InChI is InChI=1S/C27H24N4O/c1-18-7-9-24(31-26(32)20-5-4-6-22(13-20)27(2,3)17-28)15-25(18)30-23-10-8-21-16-29-12-11-19(21)14-23/h4-16,30H,1-3H3,(H,31,32). The van der Waals surface area contributed by atoms with Crippen LogP contribution in [0, 0.1) is 18.3 Å². The number of nitriles is 1. The molecule has 0 unspecified atom stereocenters. The lowest BCUT2D eigenvalue weighted by atomic mass is 9.85. The fourth-order valence-electron chi connectivity index (χ4n) is 3.47. The van der Waals surface area contributed by atoms with E-state index in [2.05, 4.69) is 27.8 Å². The van der Waals surface area contributed by atoms with Crippen molar-refractivity contribution in [1.82, 2.24) is 4.98 Å². The van der Waals surface area contributed by atoms with Gasteiger partial charge in [-0.2, -0.15) is 5.26 Å². The highest BCUT2D eigenvalue weighted by Crippen LogP contribution is 2.27. The SMILES string of the molecule is Cc1ccc(NC(=O)c2cccc(C(C)(C)C#N)c2)cc1Nc1ccc2cnccc2c1. The zero-order valence-corrected chi connectivity index (χ0v) is 18.3. The van der Waals surface area contributed by atoms with Crippen molar-refractivity contribution in [2.75, 3.05) is 10.6 Å². The van der Waals surface area contributed by atoms with Crippen molar-refractivity contribution in [2.45, 2.75) is 26.2 Å². The molecule has 0 aliphatic carbocycles. The van der Waals surface area contributed by atoms with Gasteiger partial charge in [-0.25, -0.2) is 0 Å². The number of anilines is 3. The number of nitrogens with zero attached hydrogens (tertiary/aromatic N) is 2. The molecule has 1 heterocycles. The molecular formula is C27H24N4O. The number of hydrogen-bond acceptors (Lipinski definition) is 4. The van der Waals surface area contributed by atoms with Gasteiger partial charge in [-0.15, -0.1) is 0 Å². The van der Waals surface area contributed by atoms with Gasteiger partial charge in [-0.1, -0.05) is 24.3 Å². The Balaban J connectivity index is 1.55. The van der Waals surface area contributed by atoms with E-state index in [4.69, 9.17) is 0 Å². The molecule has 4 rings (SSSR count). The van der Waals surface area contributed by atoms with Gasteiger partial charge in [0.15, 0.2) is 0 Å². The Kier molecular flexibility index (Phi) is 5.61. The highest BCUT2D eigenvalue weighted by atomic mass is 16.1. The van der Waals surface area contributed by atoms with Crippen LogP contribution < -0.4 is 10.6 Å². The van der Waals surface area contributed by atoms with Crippen LogP contribution in [0.5, 0.6) is 0 Å². The van der Waals surface area contributed by atoms with Crippen LogP contribution in [0.15, 0.2) is 79.1 Å². The first kappa shape index (κ1) is 21.1. The third-order valence-electron chi connectivity index (χ3n) is 5.54. The lowest BCUT2D eigenvalue weighted by molar-refractivity contribution is 0.102. The fraction of sp³-hybridized carbons (Fsp3) is 0.148. The summed E-state index contributed by atoms with van der Waals surface area (Å²) in [7, 11) is 0. The molecule has 4 aromatic rings. The molecule has 32 heavy (non-hydrogen) atoms. The van der Waals surface area contributed by atoms with Crippen molar-refractivity contribution in [1.29, 1.82) is 5.26 Å². The van der Waals surface area contributed by atoms with E-state index >= 15 is 0 Å². The highest BCUT2D eigenvalue weighted by molar-refractivity contribution is 6.04. The van der Waals surface area contributed by atoms with Gasteiger partial charge in [-0.05, 0) is 79.7 Å². The Morgan fingerprint density at radius 1 is 0.969 bits per heavy atom. The monoisotopic (exact) mass is 420 g/mol. The second-order valence-electron chi connectivity index (χ2n) is 8.36. The van der Waals surface area contributed by atoms with Crippen LogP contribution in [0.3, 0.4) is 0 Å². The first-order valence-corrected chi connectivity index (χ1v) is 10.4. The summed E-state index contributed by atoms with van der Waals surface area (Å²) in [5.41, 5.74) is 4.30. The maximum atomic E-state index is 12.9. The summed E-state index contributed by atoms with van der Waals surface area (Å²) in [6, 6.07) is 23.3. The Morgan fingerprint density at radius 2 is 1.78 bits per heavy atom. The van der Waals surface area contributed by atoms with Crippen LogP contribution in [-0.4, -0.2) is 10.9 Å². The summed E-state index contributed by atoms with van der Waals surface area (Å²) in [4.78, 5) is 17.0. The second kappa shape index (κ2) is 8.52. The summed E-state index contributed by atoms with van der Waals surface area (Å²) in [6.45, 7) is 5.70. The van der Waals surface area contributed by atoms with Crippen molar-refractivity contribution in [3.8, 4) is 6.07 Å². The largest absolute Gasteiger partial charge is 0.355 e. The van der Waals surface area contributed by atoms with E-state index in [-0.39, 0.29) is 5.91 Å². The molecular weight excluding hydrogens is 396 g/mol. The number of fused-ring (bicyclic) bond motifs is 1. The topological polar surface area (TPSA) is 77.8 Å². The molecule has 0 radical (unpaired) electrons. The maximum absolute atomic E-state index is 12.9.